The number of ether oxygens (including phenoxy) is 3. The number of methoxy groups -OCH3 is 2. The number of hydrogen-bond donors (Lipinski definition) is 0. The molecule has 2 aliphatic heterocycles. The van der Waals surface area contributed by atoms with Crippen LogP contribution in [0.15, 0.2) is 40.4 Å². The predicted octanol–water partition coefficient (Wildman–Crippen LogP) is 1.50. The summed E-state index contributed by atoms with van der Waals surface area (Å²) in [5.74, 6) is -0.957. The lowest BCUT2D eigenvalue weighted by Crippen LogP contribution is -2.39. The summed E-state index contributed by atoms with van der Waals surface area (Å²) >= 11 is 0. The van der Waals surface area contributed by atoms with Gasteiger partial charge in [0, 0.05) is 18.8 Å². The molecule has 2 aliphatic rings. The number of carbonyl (C=O) groups excluding carboxylic acids is 2. The van der Waals surface area contributed by atoms with Crippen LogP contribution < -0.4 is 4.90 Å². The fourth-order valence-corrected chi connectivity index (χ4v) is 5.04. The standard InChI is InChI=1S/C20H26N2O7S/c1-14-7-9-21(10-8-14)30(25,26)16-6-4-5-15(11-16)22-13-29-12-17(19(23)27-2)18(22)20(24)28-3/h4-6,11,14H,7-10,12-13H2,1-3H3. The van der Waals surface area contributed by atoms with Gasteiger partial charge in [-0.1, -0.05) is 13.0 Å². The maximum Gasteiger partial charge on any atom is 0.355 e. The number of benzene rings is 1. The van der Waals surface area contributed by atoms with Crippen molar-refractivity contribution in [1.82, 2.24) is 4.31 Å². The zero-order valence-corrected chi connectivity index (χ0v) is 18.1. The molecule has 30 heavy (non-hydrogen) atoms. The molecule has 164 valence electrons. The van der Waals surface area contributed by atoms with Crippen LogP contribution in [0.2, 0.25) is 0 Å². The van der Waals surface area contributed by atoms with Crippen molar-refractivity contribution >= 4 is 27.6 Å². The highest BCUT2D eigenvalue weighted by atomic mass is 32.2. The van der Waals surface area contributed by atoms with E-state index in [4.69, 9.17) is 14.2 Å². The Hall–Kier alpha value is -2.43. The average molecular weight is 439 g/mol. The fourth-order valence-electron chi connectivity index (χ4n) is 3.53. The zero-order chi connectivity index (χ0) is 21.9. The van der Waals surface area contributed by atoms with E-state index in [1.54, 1.807) is 12.1 Å². The topological polar surface area (TPSA) is 102 Å². The molecular weight excluding hydrogens is 412 g/mol. The van der Waals surface area contributed by atoms with E-state index in [9.17, 15) is 18.0 Å². The highest BCUT2D eigenvalue weighted by Gasteiger charge is 2.34. The van der Waals surface area contributed by atoms with Crippen molar-refractivity contribution in [3.63, 3.8) is 0 Å². The van der Waals surface area contributed by atoms with E-state index in [2.05, 4.69) is 6.92 Å². The van der Waals surface area contributed by atoms with E-state index in [1.807, 2.05) is 0 Å². The summed E-state index contributed by atoms with van der Waals surface area (Å²) in [6, 6.07) is 6.23. The zero-order valence-electron chi connectivity index (χ0n) is 17.3. The second-order valence-electron chi connectivity index (χ2n) is 7.30. The van der Waals surface area contributed by atoms with Gasteiger partial charge in [-0.3, -0.25) is 0 Å². The second kappa shape index (κ2) is 9.15. The molecule has 0 amide bonds. The highest BCUT2D eigenvalue weighted by molar-refractivity contribution is 7.89. The van der Waals surface area contributed by atoms with Gasteiger partial charge in [0.2, 0.25) is 10.0 Å². The van der Waals surface area contributed by atoms with Crippen LogP contribution in [0.5, 0.6) is 0 Å². The fraction of sp³-hybridized carbons (Fsp3) is 0.500. The van der Waals surface area contributed by atoms with Crippen molar-refractivity contribution in [2.45, 2.75) is 24.7 Å². The molecule has 1 saturated heterocycles. The summed E-state index contributed by atoms with van der Waals surface area (Å²) in [6.45, 7) is 2.90. The van der Waals surface area contributed by atoms with Crippen molar-refractivity contribution in [3.05, 3.63) is 35.5 Å². The van der Waals surface area contributed by atoms with Gasteiger partial charge in [-0.25, -0.2) is 18.0 Å². The van der Waals surface area contributed by atoms with Crippen LogP contribution in [-0.4, -0.2) is 65.3 Å². The molecule has 0 N–H and O–H groups in total. The Morgan fingerprint density at radius 1 is 1.10 bits per heavy atom. The Balaban J connectivity index is 2.00. The van der Waals surface area contributed by atoms with Crippen molar-refractivity contribution in [1.29, 1.82) is 0 Å². The van der Waals surface area contributed by atoms with Gasteiger partial charge in [0.25, 0.3) is 0 Å². The minimum Gasteiger partial charge on any atom is -0.466 e. The van der Waals surface area contributed by atoms with Crippen molar-refractivity contribution in [2.24, 2.45) is 5.92 Å². The van der Waals surface area contributed by atoms with Crippen molar-refractivity contribution in [2.75, 3.05) is 45.5 Å². The van der Waals surface area contributed by atoms with Gasteiger partial charge in [0.15, 0.2) is 0 Å². The molecular formula is C20H26N2O7S. The van der Waals surface area contributed by atoms with Crippen LogP contribution >= 0.6 is 0 Å². The molecule has 0 atom stereocenters. The number of piperidine rings is 1. The number of carbonyl (C=O) groups is 2. The number of sulfonamides is 1. The van der Waals surface area contributed by atoms with Gasteiger partial charge in [-0.05, 0) is 37.0 Å². The maximum atomic E-state index is 13.1. The molecule has 0 radical (unpaired) electrons. The summed E-state index contributed by atoms with van der Waals surface area (Å²) in [5.41, 5.74) is 0.369. The summed E-state index contributed by atoms with van der Waals surface area (Å²) in [6.07, 6.45) is 1.63. The minimum atomic E-state index is -3.68. The average Bonchev–Trinajstić information content (AvgIpc) is 2.77. The largest absolute Gasteiger partial charge is 0.466 e. The Morgan fingerprint density at radius 2 is 1.77 bits per heavy atom. The van der Waals surface area contributed by atoms with Gasteiger partial charge in [0.1, 0.15) is 12.4 Å². The van der Waals surface area contributed by atoms with E-state index in [-0.39, 0.29) is 29.5 Å². The van der Waals surface area contributed by atoms with E-state index in [0.717, 1.165) is 12.8 Å². The van der Waals surface area contributed by atoms with Gasteiger partial charge in [-0.15, -0.1) is 0 Å². The van der Waals surface area contributed by atoms with Crippen LogP contribution in [0.4, 0.5) is 5.69 Å². The number of hydrogen-bond acceptors (Lipinski definition) is 8. The molecule has 3 rings (SSSR count). The summed E-state index contributed by atoms with van der Waals surface area (Å²) in [4.78, 5) is 26.1. The first-order valence-corrected chi connectivity index (χ1v) is 11.1. The first-order chi connectivity index (χ1) is 14.3. The van der Waals surface area contributed by atoms with Crippen LogP contribution in [-0.2, 0) is 33.8 Å². The van der Waals surface area contributed by atoms with E-state index >= 15 is 0 Å². The van der Waals surface area contributed by atoms with Gasteiger partial charge < -0.3 is 19.1 Å². The Labute approximate surface area is 176 Å². The lowest BCUT2D eigenvalue weighted by Gasteiger charge is -2.32. The maximum absolute atomic E-state index is 13.1. The first kappa shape index (κ1) is 22.3. The first-order valence-electron chi connectivity index (χ1n) is 9.65. The van der Waals surface area contributed by atoms with Gasteiger partial charge in [0.05, 0.1) is 31.3 Å². The third kappa shape index (κ3) is 4.35. The SMILES string of the molecule is COC(=O)C1=C(C(=O)OC)N(c2cccc(S(=O)(=O)N3CCC(C)CC3)c2)COC1. The number of rotatable bonds is 5. The predicted molar refractivity (Wildman–Crippen MR) is 108 cm³/mol. The quantitative estimate of drug-likeness (QED) is 0.638. The van der Waals surface area contributed by atoms with Crippen LogP contribution in [0.25, 0.3) is 0 Å². The van der Waals surface area contributed by atoms with Crippen LogP contribution in [0.3, 0.4) is 0 Å². The Bertz CT molecular complexity index is 950. The summed E-state index contributed by atoms with van der Waals surface area (Å²) < 4.78 is 42.8. The number of nitrogens with zero attached hydrogens (tertiary/aromatic N) is 2. The third-order valence-corrected chi connectivity index (χ3v) is 7.24. The molecule has 0 saturated carbocycles. The molecule has 0 unspecified atom stereocenters. The van der Waals surface area contributed by atoms with Gasteiger partial charge in [-0.2, -0.15) is 4.31 Å². The van der Waals surface area contributed by atoms with E-state index in [1.165, 1.54) is 35.6 Å². The lowest BCUT2D eigenvalue weighted by atomic mass is 10.0. The molecule has 0 bridgehead atoms. The summed E-state index contributed by atoms with van der Waals surface area (Å²) in [5, 5.41) is 0. The molecule has 9 nitrogen and oxygen atoms in total. The molecule has 0 aliphatic carbocycles. The molecule has 0 aromatic heterocycles. The monoisotopic (exact) mass is 438 g/mol. The number of anilines is 1. The second-order valence-corrected chi connectivity index (χ2v) is 9.24. The molecule has 2 heterocycles. The smallest absolute Gasteiger partial charge is 0.355 e. The number of esters is 2. The normalized spacial score (nSPS) is 19.0. The molecule has 1 aromatic carbocycles. The Morgan fingerprint density at radius 3 is 2.40 bits per heavy atom. The van der Waals surface area contributed by atoms with Gasteiger partial charge >= 0.3 is 11.9 Å². The molecule has 10 heteroatoms. The molecule has 1 fully saturated rings. The van der Waals surface area contributed by atoms with Crippen LogP contribution in [0, 0.1) is 5.92 Å². The van der Waals surface area contributed by atoms with Crippen molar-refractivity contribution < 1.29 is 32.2 Å². The van der Waals surface area contributed by atoms with E-state index in [0.29, 0.717) is 24.7 Å². The third-order valence-electron chi connectivity index (χ3n) is 5.34. The van der Waals surface area contributed by atoms with Crippen LogP contribution in [0.1, 0.15) is 19.8 Å². The Kier molecular flexibility index (Phi) is 6.79. The lowest BCUT2D eigenvalue weighted by molar-refractivity contribution is -0.140. The van der Waals surface area contributed by atoms with Crippen molar-refractivity contribution in [3.8, 4) is 0 Å². The molecule has 0 spiro atoms. The highest BCUT2D eigenvalue weighted by Crippen LogP contribution is 2.30. The molecule has 1 aromatic rings. The summed E-state index contributed by atoms with van der Waals surface area (Å²) in [7, 11) is -1.27. The van der Waals surface area contributed by atoms with E-state index < -0.39 is 22.0 Å². The minimum absolute atomic E-state index is 0.00822.